The summed E-state index contributed by atoms with van der Waals surface area (Å²) in [6.45, 7) is 7.07. The first-order valence-electron chi connectivity index (χ1n) is 12.3. The lowest BCUT2D eigenvalue weighted by Crippen LogP contribution is -2.58. The summed E-state index contributed by atoms with van der Waals surface area (Å²) in [6.07, 6.45) is 9.18. The lowest BCUT2D eigenvalue weighted by Gasteiger charge is -2.34. The fourth-order valence-corrected chi connectivity index (χ4v) is 3.89. The van der Waals surface area contributed by atoms with Crippen LogP contribution in [0.1, 0.15) is 75.8 Å². The van der Waals surface area contributed by atoms with Gasteiger partial charge in [0.05, 0.1) is 13.0 Å². The fraction of sp³-hybridized carbons (Fsp3) is 0.654. The standard InChI is InChI=1S/C26H40N2O5/c1-4-5-6-7-8-9-10-11-16-32-25(30)18-23-26(31)27-14-15-28(23)24(29)19-33-22-13-12-20(2)21(3)17-22/h12-13,17,23H,4-11,14-16,18-19H2,1-3H3,(H,27,31). The number of hydrogen-bond acceptors (Lipinski definition) is 5. The number of rotatable bonds is 14. The highest BCUT2D eigenvalue weighted by atomic mass is 16.5. The molecule has 2 amide bonds. The molecule has 0 bridgehead atoms. The Bertz CT molecular complexity index is 780. The van der Waals surface area contributed by atoms with Crippen molar-refractivity contribution in [1.82, 2.24) is 10.2 Å². The number of nitrogens with zero attached hydrogens (tertiary/aromatic N) is 1. The summed E-state index contributed by atoms with van der Waals surface area (Å²) in [5.41, 5.74) is 2.22. The summed E-state index contributed by atoms with van der Waals surface area (Å²) in [5.74, 6) is -0.490. The van der Waals surface area contributed by atoms with Crippen LogP contribution in [0.3, 0.4) is 0 Å². The lowest BCUT2D eigenvalue weighted by molar-refractivity contribution is -0.152. The van der Waals surface area contributed by atoms with Gasteiger partial charge in [0.2, 0.25) is 5.91 Å². The van der Waals surface area contributed by atoms with Crippen molar-refractivity contribution in [2.45, 2.75) is 84.6 Å². The number of esters is 1. The Kier molecular flexibility index (Phi) is 11.8. The summed E-state index contributed by atoms with van der Waals surface area (Å²) in [4.78, 5) is 38.9. The molecule has 0 spiro atoms. The quantitative estimate of drug-likeness (QED) is 0.334. The van der Waals surface area contributed by atoms with Gasteiger partial charge in [-0.15, -0.1) is 0 Å². The van der Waals surface area contributed by atoms with Crippen LogP contribution in [0.15, 0.2) is 18.2 Å². The molecule has 0 radical (unpaired) electrons. The number of aryl methyl sites for hydroxylation is 2. The van der Waals surface area contributed by atoms with Gasteiger partial charge < -0.3 is 19.7 Å². The van der Waals surface area contributed by atoms with Crippen LogP contribution in [0.2, 0.25) is 0 Å². The smallest absolute Gasteiger partial charge is 0.308 e. The largest absolute Gasteiger partial charge is 0.484 e. The molecular weight excluding hydrogens is 420 g/mol. The molecule has 1 unspecified atom stereocenters. The van der Waals surface area contributed by atoms with Gasteiger partial charge in [0.15, 0.2) is 6.61 Å². The first kappa shape index (κ1) is 26.7. The van der Waals surface area contributed by atoms with Crippen molar-refractivity contribution in [3.63, 3.8) is 0 Å². The molecule has 1 heterocycles. The summed E-state index contributed by atoms with van der Waals surface area (Å²) < 4.78 is 11.0. The molecule has 1 aromatic carbocycles. The summed E-state index contributed by atoms with van der Waals surface area (Å²) in [6, 6.07) is 4.78. The van der Waals surface area contributed by atoms with Crippen molar-refractivity contribution >= 4 is 17.8 Å². The number of amides is 2. The van der Waals surface area contributed by atoms with Crippen molar-refractivity contribution in [3.05, 3.63) is 29.3 Å². The van der Waals surface area contributed by atoms with E-state index in [2.05, 4.69) is 12.2 Å². The third-order valence-electron chi connectivity index (χ3n) is 6.11. The normalized spacial score (nSPS) is 15.8. The average Bonchev–Trinajstić information content (AvgIpc) is 2.80. The summed E-state index contributed by atoms with van der Waals surface area (Å²) >= 11 is 0. The number of unbranched alkanes of at least 4 members (excludes halogenated alkanes) is 7. The SMILES string of the molecule is CCCCCCCCCCOC(=O)CC1C(=O)NCCN1C(=O)COc1ccc(C)c(C)c1. The minimum absolute atomic E-state index is 0.141. The molecule has 33 heavy (non-hydrogen) atoms. The second kappa shape index (κ2) is 14.6. The Balaban J connectivity index is 1.74. The number of hydrogen-bond donors (Lipinski definition) is 1. The second-order valence-corrected chi connectivity index (χ2v) is 8.83. The molecule has 7 heteroatoms. The molecular formula is C26H40N2O5. The van der Waals surface area contributed by atoms with Gasteiger partial charge in [-0.05, 0) is 43.5 Å². The van der Waals surface area contributed by atoms with Gasteiger partial charge in [-0.25, -0.2) is 0 Å². The fourth-order valence-electron chi connectivity index (χ4n) is 3.89. The van der Waals surface area contributed by atoms with E-state index in [1.165, 1.54) is 37.0 Å². The molecule has 0 aromatic heterocycles. The predicted octanol–water partition coefficient (Wildman–Crippen LogP) is 4.08. The highest BCUT2D eigenvalue weighted by molar-refractivity contribution is 5.92. The minimum atomic E-state index is -0.860. The maximum Gasteiger partial charge on any atom is 0.308 e. The van der Waals surface area contributed by atoms with Crippen molar-refractivity contribution in [2.24, 2.45) is 0 Å². The molecule has 2 rings (SSSR count). The number of ether oxygens (including phenoxy) is 2. The van der Waals surface area contributed by atoms with E-state index in [-0.39, 0.29) is 24.8 Å². The maximum absolute atomic E-state index is 12.8. The minimum Gasteiger partial charge on any atom is -0.484 e. The number of nitrogens with one attached hydrogen (secondary N) is 1. The zero-order valence-corrected chi connectivity index (χ0v) is 20.5. The van der Waals surface area contributed by atoms with E-state index in [1.807, 2.05) is 32.0 Å². The molecule has 0 saturated carbocycles. The third kappa shape index (κ3) is 9.44. The number of carbonyl (C=O) groups excluding carboxylic acids is 3. The van der Waals surface area contributed by atoms with Gasteiger partial charge in [-0.3, -0.25) is 14.4 Å². The first-order valence-corrected chi connectivity index (χ1v) is 12.3. The maximum atomic E-state index is 12.8. The topological polar surface area (TPSA) is 84.9 Å². The molecule has 0 aliphatic carbocycles. The Hall–Kier alpha value is -2.57. The monoisotopic (exact) mass is 460 g/mol. The van der Waals surface area contributed by atoms with Crippen molar-refractivity contribution in [1.29, 1.82) is 0 Å². The van der Waals surface area contributed by atoms with Gasteiger partial charge >= 0.3 is 5.97 Å². The Labute approximate surface area is 198 Å². The highest BCUT2D eigenvalue weighted by Gasteiger charge is 2.35. The second-order valence-electron chi connectivity index (χ2n) is 8.83. The van der Waals surface area contributed by atoms with Gasteiger partial charge in [-0.1, -0.05) is 57.9 Å². The van der Waals surface area contributed by atoms with Crippen molar-refractivity contribution in [2.75, 3.05) is 26.3 Å². The van der Waals surface area contributed by atoms with Gasteiger partial charge in [-0.2, -0.15) is 0 Å². The van der Waals surface area contributed by atoms with E-state index in [4.69, 9.17) is 9.47 Å². The molecule has 1 aliphatic heterocycles. The molecule has 1 aromatic rings. The molecule has 1 atom stereocenters. The van der Waals surface area contributed by atoms with E-state index in [9.17, 15) is 14.4 Å². The molecule has 184 valence electrons. The van der Waals surface area contributed by atoms with Crippen LogP contribution in [0.25, 0.3) is 0 Å². The van der Waals surface area contributed by atoms with E-state index < -0.39 is 12.0 Å². The van der Waals surface area contributed by atoms with E-state index in [1.54, 1.807) is 0 Å². The van der Waals surface area contributed by atoms with Crippen LogP contribution in [0, 0.1) is 13.8 Å². The zero-order chi connectivity index (χ0) is 24.1. The van der Waals surface area contributed by atoms with Gasteiger partial charge in [0.1, 0.15) is 11.8 Å². The van der Waals surface area contributed by atoms with Crippen LogP contribution in [-0.4, -0.2) is 55.0 Å². The Morgan fingerprint density at radius 1 is 1.03 bits per heavy atom. The van der Waals surface area contributed by atoms with Crippen molar-refractivity contribution < 1.29 is 23.9 Å². The highest BCUT2D eigenvalue weighted by Crippen LogP contribution is 2.17. The number of piperazine rings is 1. The molecule has 1 saturated heterocycles. The summed E-state index contributed by atoms with van der Waals surface area (Å²) in [7, 11) is 0. The predicted molar refractivity (Wildman–Crippen MR) is 128 cm³/mol. The summed E-state index contributed by atoms with van der Waals surface area (Å²) in [5, 5.41) is 2.73. The van der Waals surface area contributed by atoms with Crippen molar-refractivity contribution in [3.8, 4) is 5.75 Å². The van der Waals surface area contributed by atoms with Crippen LogP contribution >= 0.6 is 0 Å². The Morgan fingerprint density at radius 3 is 2.42 bits per heavy atom. The number of benzene rings is 1. The zero-order valence-electron chi connectivity index (χ0n) is 20.5. The lowest BCUT2D eigenvalue weighted by atomic mass is 10.1. The van der Waals surface area contributed by atoms with Gasteiger partial charge in [0.25, 0.3) is 5.91 Å². The molecule has 7 nitrogen and oxygen atoms in total. The van der Waals surface area contributed by atoms with E-state index in [0.717, 1.165) is 30.4 Å². The van der Waals surface area contributed by atoms with Crippen LogP contribution in [0.4, 0.5) is 0 Å². The molecule has 1 N–H and O–H groups in total. The third-order valence-corrected chi connectivity index (χ3v) is 6.11. The first-order chi connectivity index (χ1) is 15.9. The molecule has 1 aliphatic rings. The molecule has 1 fully saturated rings. The van der Waals surface area contributed by atoms with E-state index in [0.29, 0.717) is 25.4 Å². The van der Waals surface area contributed by atoms with Gasteiger partial charge in [0, 0.05) is 13.1 Å². The number of carbonyl (C=O) groups is 3. The van der Waals surface area contributed by atoms with E-state index >= 15 is 0 Å². The Morgan fingerprint density at radius 2 is 1.73 bits per heavy atom. The van der Waals surface area contributed by atoms with Crippen LogP contribution in [-0.2, 0) is 19.1 Å². The van der Waals surface area contributed by atoms with Crippen LogP contribution in [0.5, 0.6) is 5.75 Å². The van der Waals surface area contributed by atoms with Crippen LogP contribution < -0.4 is 10.1 Å². The average molecular weight is 461 g/mol.